The molecule has 5 rings (SSSR count). The third-order valence-electron chi connectivity index (χ3n) is 7.07. The van der Waals surface area contributed by atoms with Crippen LogP contribution in [0.1, 0.15) is 91.2 Å². The van der Waals surface area contributed by atoms with E-state index in [0.717, 1.165) is 44.5 Å². The van der Waals surface area contributed by atoms with Crippen LogP contribution in [0, 0.1) is 5.82 Å². The summed E-state index contributed by atoms with van der Waals surface area (Å²) in [5.74, 6) is 0.474. The first-order valence-electron chi connectivity index (χ1n) is 14.6. The van der Waals surface area contributed by atoms with Gasteiger partial charge in [0.05, 0.1) is 11.4 Å². The summed E-state index contributed by atoms with van der Waals surface area (Å²) in [5, 5.41) is 3.59. The number of allylic oxidation sites excluding steroid dienone is 2. The van der Waals surface area contributed by atoms with Gasteiger partial charge < -0.3 is 15.1 Å². The molecule has 0 aliphatic carbocycles. The number of hydrogen-bond donors (Lipinski definition) is 1. The Hall–Kier alpha value is -2.33. The smallest absolute Gasteiger partial charge is 0.123 e. The highest BCUT2D eigenvalue weighted by atomic mass is 19.1. The number of hydrogen-bond acceptors (Lipinski definition) is 3. The Bertz CT molecular complexity index is 921. The van der Waals surface area contributed by atoms with E-state index >= 15 is 0 Å². The van der Waals surface area contributed by atoms with E-state index in [-0.39, 0.29) is 5.82 Å². The van der Waals surface area contributed by atoms with Gasteiger partial charge in [0.2, 0.25) is 0 Å². The molecule has 0 spiro atoms. The molecule has 200 valence electrons. The molecule has 0 bridgehead atoms. The molecule has 3 aliphatic rings. The van der Waals surface area contributed by atoms with Gasteiger partial charge in [-0.25, -0.2) is 4.39 Å². The van der Waals surface area contributed by atoms with Crippen molar-refractivity contribution in [3.8, 4) is 0 Å². The van der Waals surface area contributed by atoms with Crippen LogP contribution in [-0.2, 0) is 0 Å². The monoisotopic (exact) mass is 495 g/mol. The van der Waals surface area contributed by atoms with Crippen molar-refractivity contribution in [2.24, 2.45) is 0 Å². The van der Waals surface area contributed by atoms with E-state index in [0.29, 0.717) is 12.0 Å². The third-order valence-corrected chi connectivity index (χ3v) is 7.07. The molecule has 4 heteroatoms. The zero-order valence-electron chi connectivity index (χ0n) is 23.9. The van der Waals surface area contributed by atoms with Gasteiger partial charge in [0.25, 0.3) is 0 Å². The number of nitrogens with zero attached hydrogens (tertiary/aromatic N) is 2. The minimum Gasteiger partial charge on any atom is -0.382 e. The lowest BCUT2D eigenvalue weighted by Gasteiger charge is -2.40. The second-order valence-electron chi connectivity index (χ2n) is 8.87. The first-order valence-corrected chi connectivity index (χ1v) is 14.6. The van der Waals surface area contributed by atoms with Gasteiger partial charge in [-0.1, -0.05) is 78.8 Å². The van der Waals surface area contributed by atoms with Crippen LogP contribution in [0.2, 0.25) is 0 Å². The molecule has 1 saturated heterocycles. The Labute approximate surface area is 220 Å². The van der Waals surface area contributed by atoms with E-state index in [1.165, 1.54) is 36.5 Å². The van der Waals surface area contributed by atoms with Crippen LogP contribution in [0.15, 0.2) is 48.5 Å². The van der Waals surface area contributed by atoms with Gasteiger partial charge in [0.1, 0.15) is 5.82 Å². The van der Waals surface area contributed by atoms with E-state index in [1.54, 1.807) is 17.7 Å². The van der Waals surface area contributed by atoms with Gasteiger partial charge in [0.15, 0.2) is 0 Å². The fourth-order valence-electron chi connectivity index (χ4n) is 5.73. The van der Waals surface area contributed by atoms with Crippen LogP contribution < -0.4 is 10.2 Å². The van der Waals surface area contributed by atoms with E-state index in [2.05, 4.69) is 46.3 Å². The van der Waals surface area contributed by atoms with Gasteiger partial charge in [0, 0.05) is 38.1 Å². The highest BCUT2D eigenvalue weighted by Gasteiger charge is 2.43. The summed E-state index contributed by atoms with van der Waals surface area (Å²) >= 11 is 0. The second kappa shape index (κ2) is 15.7. The van der Waals surface area contributed by atoms with Crippen LogP contribution in [0.4, 0.5) is 15.8 Å². The quantitative estimate of drug-likeness (QED) is 0.433. The first kappa shape index (κ1) is 29.9. The highest BCUT2D eigenvalue weighted by molar-refractivity contribution is 5.80. The number of halogens is 1. The summed E-state index contributed by atoms with van der Waals surface area (Å²) in [5.41, 5.74) is 6.87. The predicted molar refractivity (Wildman–Crippen MR) is 158 cm³/mol. The van der Waals surface area contributed by atoms with Crippen LogP contribution in [0.5, 0.6) is 0 Å². The van der Waals surface area contributed by atoms with Crippen LogP contribution in [0.3, 0.4) is 0 Å². The molecule has 36 heavy (non-hydrogen) atoms. The maximum atomic E-state index is 13.3. The Morgan fingerprint density at radius 1 is 1.00 bits per heavy atom. The van der Waals surface area contributed by atoms with Crippen molar-refractivity contribution in [2.45, 2.75) is 86.1 Å². The van der Waals surface area contributed by atoms with Crippen LogP contribution >= 0.6 is 0 Å². The topological polar surface area (TPSA) is 18.5 Å². The SMILES string of the molecule is CC.CC.CC.CC/C=C(\CCCN1CCC2C(C1)c1cccc3c1N2CCN3)c1ccc(F)cc1. The fourth-order valence-corrected chi connectivity index (χ4v) is 5.73. The highest BCUT2D eigenvalue weighted by Crippen LogP contribution is 2.49. The van der Waals surface area contributed by atoms with Crippen LogP contribution in [-0.4, -0.2) is 43.7 Å². The summed E-state index contributed by atoms with van der Waals surface area (Å²) in [6, 6.07) is 14.5. The standard InChI is InChI=1S/C26H32FN3.3C2H6/c1-2-5-19(20-9-11-21(27)12-10-20)6-4-15-29-16-13-25-23(18-29)22-7-3-8-24-26(22)30(25)17-14-28-24;3*1-2/h3,5,7-12,23,25,28H,2,4,6,13-18H2,1H3;3*1-2H3/b19-5+;;;. The van der Waals surface area contributed by atoms with Crippen molar-refractivity contribution in [1.29, 1.82) is 0 Å². The summed E-state index contributed by atoms with van der Waals surface area (Å²) in [4.78, 5) is 5.35. The molecule has 0 radical (unpaired) electrons. The zero-order chi connectivity index (χ0) is 26.5. The molecule has 1 N–H and O–H groups in total. The summed E-state index contributed by atoms with van der Waals surface area (Å²) in [6.07, 6.45) is 6.78. The van der Waals surface area contributed by atoms with Gasteiger partial charge in [-0.3, -0.25) is 0 Å². The second-order valence-corrected chi connectivity index (χ2v) is 8.87. The number of rotatable bonds is 6. The lowest BCUT2D eigenvalue weighted by atomic mass is 9.89. The third kappa shape index (κ3) is 6.91. The molecule has 2 aromatic rings. The van der Waals surface area contributed by atoms with Crippen molar-refractivity contribution in [3.05, 3.63) is 65.5 Å². The molecule has 0 aromatic heterocycles. The summed E-state index contributed by atoms with van der Waals surface area (Å²) < 4.78 is 13.3. The van der Waals surface area contributed by atoms with Crippen molar-refractivity contribution in [3.63, 3.8) is 0 Å². The Balaban J connectivity index is 0.000000710. The van der Waals surface area contributed by atoms with Crippen molar-refractivity contribution in [1.82, 2.24) is 4.90 Å². The first-order chi connectivity index (χ1) is 17.7. The number of anilines is 2. The molecule has 0 saturated carbocycles. The average molecular weight is 496 g/mol. The Kier molecular flexibility index (Phi) is 13.0. The normalized spacial score (nSPS) is 19.8. The molecular weight excluding hydrogens is 445 g/mol. The van der Waals surface area contributed by atoms with E-state index in [4.69, 9.17) is 0 Å². The Morgan fingerprint density at radius 2 is 1.72 bits per heavy atom. The average Bonchev–Trinajstić information content (AvgIpc) is 3.27. The minimum atomic E-state index is -0.161. The summed E-state index contributed by atoms with van der Waals surface area (Å²) in [6.45, 7) is 19.9. The van der Waals surface area contributed by atoms with E-state index < -0.39 is 0 Å². The molecule has 1 fully saturated rings. The molecule has 3 heterocycles. The van der Waals surface area contributed by atoms with Crippen molar-refractivity contribution >= 4 is 16.9 Å². The molecule has 2 unspecified atom stereocenters. The lowest BCUT2D eigenvalue weighted by molar-refractivity contribution is 0.192. The van der Waals surface area contributed by atoms with E-state index in [1.807, 2.05) is 53.7 Å². The number of benzene rings is 2. The van der Waals surface area contributed by atoms with Crippen LogP contribution in [0.25, 0.3) is 5.57 Å². The number of para-hydroxylation sites is 1. The fraction of sp³-hybridized carbons (Fsp3) is 0.562. The van der Waals surface area contributed by atoms with Gasteiger partial charge in [-0.2, -0.15) is 0 Å². The van der Waals surface area contributed by atoms with Crippen molar-refractivity contribution < 1.29 is 4.39 Å². The minimum absolute atomic E-state index is 0.161. The molecule has 3 aliphatic heterocycles. The van der Waals surface area contributed by atoms with Gasteiger partial charge in [-0.05, 0) is 67.1 Å². The van der Waals surface area contributed by atoms with Gasteiger partial charge in [-0.15, -0.1) is 0 Å². The molecule has 2 aromatic carbocycles. The molecule has 2 atom stereocenters. The maximum Gasteiger partial charge on any atom is 0.123 e. The Morgan fingerprint density at radius 3 is 2.42 bits per heavy atom. The lowest BCUT2D eigenvalue weighted by Crippen LogP contribution is -2.48. The largest absolute Gasteiger partial charge is 0.382 e. The maximum absolute atomic E-state index is 13.3. The van der Waals surface area contributed by atoms with Gasteiger partial charge >= 0.3 is 0 Å². The predicted octanol–water partition coefficient (Wildman–Crippen LogP) is 8.58. The zero-order valence-corrected chi connectivity index (χ0v) is 23.9. The van der Waals surface area contributed by atoms with E-state index in [9.17, 15) is 4.39 Å². The molecule has 3 nitrogen and oxygen atoms in total. The number of piperidine rings is 1. The summed E-state index contributed by atoms with van der Waals surface area (Å²) in [7, 11) is 0. The number of likely N-dealkylation sites (tertiary alicyclic amines) is 1. The number of fused-ring (bicyclic) bond motifs is 3. The molecule has 0 amide bonds. The number of nitrogens with one attached hydrogen (secondary N) is 1. The van der Waals surface area contributed by atoms with Crippen molar-refractivity contribution in [2.75, 3.05) is 42.9 Å². The molecular formula is C32H50FN3.